The lowest BCUT2D eigenvalue weighted by molar-refractivity contribution is 0.0705. The van der Waals surface area contributed by atoms with Crippen LogP contribution in [0.1, 0.15) is 40.9 Å². The van der Waals surface area contributed by atoms with Crippen LogP contribution in [0.5, 0.6) is 5.88 Å². The van der Waals surface area contributed by atoms with Gasteiger partial charge in [0.2, 0.25) is 0 Å². The van der Waals surface area contributed by atoms with E-state index < -0.39 is 5.56 Å². The largest absolute Gasteiger partial charge is 0.494 e. The van der Waals surface area contributed by atoms with E-state index in [0.717, 1.165) is 5.56 Å². The molecule has 1 atom stereocenters. The summed E-state index contributed by atoms with van der Waals surface area (Å²) in [5, 5.41) is 9.98. The minimum absolute atomic E-state index is 0.201. The number of amides is 1. The monoisotopic (exact) mass is 284 g/mol. The zero-order chi connectivity index (χ0) is 15.0. The summed E-state index contributed by atoms with van der Waals surface area (Å²) in [6, 6.07) is 10.7. The van der Waals surface area contributed by atoms with Crippen LogP contribution in [-0.2, 0) is 6.54 Å². The van der Waals surface area contributed by atoms with Gasteiger partial charge in [-0.05, 0) is 12.0 Å². The standard InChI is InChI=1S/C16H16N2O3/c1-2-12-14-11(8-13(19)17-15(14)20)16(21)18(12)9-10-6-4-3-5-7-10/h3-8,12H,2,9H2,1H3,(H2,17,19,20)/t12-/m0/s1. The van der Waals surface area contributed by atoms with Crippen molar-refractivity contribution in [2.24, 2.45) is 0 Å². The van der Waals surface area contributed by atoms with E-state index in [1.165, 1.54) is 6.07 Å². The zero-order valence-electron chi connectivity index (χ0n) is 11.7. The molecule has 2 N–H and O–H groups in total. The summed E-state index contributed by atoms with van der Waals surface area (Å²) in [5.41, 5.74) is 1.39. The molecule has 2 heterocycles. The maximum atomic E-state index is 12.5. The number of aromatic amines is 1. The Balaban J connectivity index is 2.03. The second kappa shape index (κ2) is 5.09. The third-order valence-electron chi connectivity index (χ3n) is 3.85. The molecule has 0 saturated carbocycles. The van der Waals surface area contributed by atoms with Gasteiger partial charge in [-0.25, -0.2) is 0 Å². The Kier molecular flexibility index (Phi) is 3.25. The first kappa shape index (κ1) is 13.4. The fourth-order valence-corrected chi connectivity index (χ4v) is 2.91. The van der Waals surface area contributed by atoms with Crippen molar-refractivity contribution in [1.82, 2.24) is 9.88 Å². The van der Waals surface area contributed by atoms with Gasteiger partial charge < -0.3 is 10.0 Å². The van der Waals surface area contributed by atoms with Crippen LogP contribution in [0.25, 0.3) is 0 Å². The number of H-pyrrole nitrogens is 1. The predicted octanol–water partition coefficient (Wildman–Crippen LogP) is 2.19. The number of hydrogen-bond donors (Lipinski definition) is 2. The molecule has 1 aromatic carbocycles. The summed E-state index contributed by atoms with van der Waals surface area (Å²) in [4.78, 5) is 28.1. The van der Waals surface area contributed by atoms with Crippen molar-refractivity contribution in [3.8, 4) is 5.88 Å². The molecule has 0 fully saturated rings. The summed E-state index contributed by atoms with van der Waals surface area (Å²) < 4.78 is 0. The predicted molar refractivity (Wildman–Crippen MR) is 78.1 cm³/mol. The van der Waals surface area contributed by atoms with Crippen LogP contribution in [0.15, 0.2) is 41.2 Å². The number of rotatable bonds is 3. The van der Waals surface area contributed by atoms with Gasteiger partial charge >= 0.3 is 0 Å². The van der Waals surface area contributed by atoms with Crippen molar-refractivity contribution in [3.63, 3.8) is 0 Å². The van der Waals surface area contributed by atoms with Gasteiger partial charge in [-0.1, -0.05) is 37.3 Å². The van der Waals surface area contributed by atoms with Gasteiger partial charge in [0, 0.05) is 18.2 Å². The van der Waals surface area contributed by atoms with Gasteiger partial charge in [0.05, 0.1) is 11.6 Å². The van der Waals surface area contributed by atoms with Crippen LogP contribution in [-0.4, -0.2) is 20.9 Å². The Morgan fingerprint density at radius 3 is 2.62 bits per heavy atom. The molecule has 3 rings (SSSR count). The molecule has 0 spiro atoms. The van der Waals surface area contributed by atoms with Gasteiger partial charge in [0.25, 0.3) is 11.5 Å². The minimum atomic E-state index is -0.462. The molecule has 1 amide bonds. The van der Waals surface area contributed by atoms with E-state index in [4.69, 9.17) is 0 Å². The van der Waals surface area contributed by atoms with E-state index in [-0.39, 0.29) is 17.8 Å². The SMILES string of the molecule is CC[C@H]1c2c(cc(=O)[nH]c2O)C(=O)N1Cc1ccccc1. The first-order valence-corrected chi connectivity index (χ1v) is 6.93. The number of aromatic hydroxyl groups is 1. The Bertz CT molecular complexity index is 737. The van der Waals surface area contributed by atoms with Crippen LogP contribution in [0.2, 0.25) is 0 Å². The van der Waals surface area contributed by atoms with Crippen molar-refractivity contribution >= 4 is 5.91 Å². The summed E-state index contributed by atoms with van der Waals surface area (Å²) in [7, 11) is 0. The van der Waals surface area contributed by atoms with E-state index >= 15 is 0 Å². The van der Waals surface area contributed by atoms with Crippen LogP contribution in [0.4, 0.5) is 0 Å². The van der Waals surface area contributed by atoms with Crippen molar-refractivity contribution in [3.05, 3.63) is 63.4 Å². The molecular formula is C16H16N2O3. The molecular weight excluding hydrogens is 268 g/mol. The molecule has 21 heavy (non-hydrogen) atoms. The smallest absolute Gasteiger partial charge is 0.255 e. The molecule has 0 aliphatic carbocycles. The quantitative estimate of drug-likeness (QED) is 0.907. The highest BCUT2D eigenvalue weighted by molar-refractivity contribution is 5.99. The number of nitrogens with one attached hydrogen (secondary N) is 1. The molecule has 1 aliphatic rings. The molecule has 2 aromatic rings. The molecule has 0 radical (unpaired) electrons. The Morgan fingerprint density at radius 1 is 1.24 bits per heavy atom. The third-order valence-corrected chi connectivity index (χ3v) is 3.85. The van der Waals surface area contributed by atoms with Gasteiger partial charge in [0.15, 0.2) is 5.88 Å². The molecule has 5 nitrogen and oxygen atoms in total. The summed E-state index contributed by atoms with van der Waals surface area (Å²) >= 11 is 0. The number of benzene rings is 1. The topological polar surface area (TPSA) is 73.4 Å². The number of nitrogens with zero attached hydrogens (tertiary/aromatic N) is 1. The molecule has 1 aromatic heterocycles. The fraction of sp³-hybridized carbons (Fsp3) is 0.250. The van der Waals surface area contributed by atoms with Crippen LogP contribution in [0.3, 0.4) is 0 Å². The van der Waals surface area contributed by atoms with Gasteiger partial charge in [-0.2, -0.15) is 0 Å². The second-order valence-electron chi connectivity index (χ2n) is 5.15. The lowest BCUT2D eigenvalue weighted by Gasteiger charge is -2.24. The molecule has 5 heteroatoms. The zero-order valence-corrected chi connectivity index (χ0v) is 11.7. The maximum Gasteiger partial charge on any atom is 0.255 e. The number of aromatic nitrogens is 1. The number of carbonyl (C=O) groups excluding carboxylic acids is 1. The van der Waals surface area contributed by atoms with Crippen LogP contribution in [0, 0.1) is 0 Å². The van der Waals surface area contributed by atoms with Crippen molar-refractivity contribution in [2.75, 3.05) is 0 Å². The van der Waals surface area contributed by atoms with Crippen LogP contribution < -0.4 is 5.56 Å². The van der Waals surface area contributed by atoms with Gasteiger partial charge in [0.1, 0.15) is 0 Å². The number of hydrogen-bond acceptors (Lipinski definition) is 3. The van der Waals surface area contributed by atoms with Crippen LogP contribution >= 0.6 is 0 Å². The van der Waals surface area contributed by atoms with Gasteiger partial charge in [-0.3, -0.25) is 14.6 Å². The average molecular weight is 284 g/mol. The fourth-order valence-electron chi connectivity index (χ4n) is 2.91. The van der Waals surface area contributed by atoms with Crippen molar-refractivity contribution < 1.29 is 9.90 Å². The highest BCUT2D eigenvalue weighted by Gasteiger charge is 2.38. The first-order valence-electron chi connectivity index (χ1n) is 6.93. The lowest BCUT2D eigenvalue weighted by Crippen LogP contribution is -2.27. The molecule has 1 aliphatic heterocycles. The molecule has 108 valence electrons. The minimum Gasteiger partial charge on any atom is -0.494 e. The first-order chi connectivity index (χ1) is 10.1. The number of carbonyl (C=O) groups is 1. The summed E-state index contributed by atoms with van der Waals surface area (Å²) in [5.74, 6) is -0.407. The van der Waals surface area contributed by atoms with E-state index in [1.54, 1.807) is 4.90 Å². The van der Waals surface area contributed by atoms with Crippen molar-refractivity contribution in [1.29, 1.82) is 0 Å². The lowest BCUT2D eigenvalue weighted by atomic mass is 10.0. The summed E-state index contributed by atoms with van der Waals surface area (Å²) in [6.07, 6.45) is 0.672. The Labute approximate surface area is 121 Å². The van der Waals surface area contributed by atoms with E-state index in [2.05, 4.69) is 4.98 Å². The van der Waals surface area contributed by atoms with E-state index in [1.807, 2.05) is 37.3 Å². The molecule has 0 unspecified atom stereocenters. The third kappa shape index (κ3) is 2.20. The average Bonchev–Trinajstić information content (AvgIpc) is 2.73. The summed E-state index contributed by atoms with van der Waals surface area (Å²) in [6.45, 7) is 2.41. The van der Waals surface area contributed by atoms with E-state index in [0.29, 0.717) is 24.1 Å². The van der Waals surface area contributed by atoms with Crippen molar-refractivity contribution in [2.45, 2.75) is 25.9 Å². The highest BCUT2D eigenvalue weighted by Crippen LogP contribution is 2.39. The van der Waals surface area contributed by atoms with E-state index in [9.17, 15) is 14.7 Å². The highest BCUT2D eigenvalue weighted by atomic mass is 16.3. The normalized spacial score (nSPS) is 17.1. The Morgan fingerprint density at radius 2 is 1.95 bits per heavy atom. The van der Waals surface area contributed by atoms with Gasteiger partial charge in [-0.15, -0.1) is 0 Å². The molecule has 0 bridgehead atoms. The maximum absolute atomic E-state index is 12.5. The number of pyridine rings is 1. The second-order valence-corrected chi connectivity index (χ2v) is 5.15. The Hall–Kier alpha value is -2.56. The number of fused-ring (bicyclic) bond motifs is 1. The molecule has 0 saturated heterocycles.